The lowest BCUT2D eigenvalue weighted by Gasteiger charge is -2.40. The molecule has 0 bridgehead atoms. The largest absolute Gasteiger partial charge is 0.496 e. The minimum Gasteiger partial charge on any atom is -0.496 e. The average Bonchev–Trinajstić information content (AvgIpc) is 3.23. The number of nitrogens with one attached hydrogen (secondary N) is 1. The number of hydrogen-bond donors (Lipinski definition) is 3. The maximum Gasteiger partial charge on any atom is 0.282 e. The number of halogens is 4. The number of nitrogens with two attached hydrogens (primary N) is 2. The first kappa shape index (κ1) is 29.1. The number of nitrogen functional groups attached to an aromatic ring is 1. The van der Waals surface area contributed by atoms with Gasteiger partial charge in [-0.15, -0.1) is 0 Å². The molecule has 4 rings (SSSR count). The zero-order chi connectivity index (χ0) is 29.4. The van der Waals surface area contributed by atoms with Crippen molar-refractivity contribution in [1.82, 2.24) is 20.0 Å². The zero-order valence-corrected chi connectivity index (χ0v) is 22.4. The van der Waals surface area contributed by atoms with Crippen LogP contribution in [0.1, 0.15) is 59.1 Å². The highest BCUT2D eigenvalue weighted by molar-refractivity contribution is 6.02. The fraction of sp³-hybridized carbons (Fsp3) is 0.444. The van der Waals surface area contributed by atoms with Crippen LogP contribution in [-0.2, 0) is 0 Å². The van der Waals surface area contributed by atoms with Crippen molar-refractivity contribution >= 4 is 23.2 Å². The average molecular weight is 565 g/mol. The third-order valence-corrected chi connectivity index (χ3v) is 7.30. The Hall–Kier alpha value is -3.87. The van der Waals surface area contributed by atoms with Crippen LogP contribution in [0.25, 0.3) is 5.57 Å². The molecule has 2 unspecified atom stereocenters. The van der Waals surface area contributed by atoms with Crippen LogP contribution in [0.4, 0.5) is 23.4 Å². The summed E-state index contributed by atoms with van der Waals surface area (Å²) < 4.78 is 65.1. The van der Waals surface area contributed by atoms with Crippen molar-refractivity contribution in [1.29, 1.82) is 0 Å². The Bertz CT molecular complexity index is 1370. The molecule has 0 spiro atoms. The highest BCUT2D eigenvalue weighted by atomic mass is 19.3. The van der Waals surface area contributed by atoms with Crippen molar-refractivity contribution in [3.63, 3.8) is 0 Å². The van der Waals surface area contributed by atoms with Gasteiger partial charge >= 0.3 is 0 Å². The van der Waals surface area contributed by atoms with Gasteiger partial charge in [0.15, 0.2) is 0 Å². The number of amides is 2. The number of ether oxygens (including phenoxy) is 1. The molecule has 2 heterocycles. The molecular formula is C27H32F4N6O3. The Balaban J connectivity index is 1.54. The summed E-state index contributed by atoms with van der Waals surface area (Å²) in [4.78, 5) is 26.5. The van der Waals surface area contributed by atoms with Crippen molar-refractivity contribution in [2.45, 2.75) is 44.7 Å². The highest BCUT2D eigenvalue weighted by Gasteiger charge is 2.48. The molecule has 1 fully saturated rings. The minimum atomic E-state index is -3.19. The van der Waals surface area contributed by atoms with E-state index in [1.165, 1.54) is 13.2 Å². The van der Waals surface area contributed by atoms with Crippen molar-refractivity contribution in [2.24, 2.45) is 11.7 Å². The number of benzene rings is 1. The van der Waals surface area contributed by atoms with Crippen molar-refractivity contribution in [3.8, 4) is 5.75 Å². The Kier molecular flexibility index (Phi) is 8.24. The normalized spacial score (nSPS) is 21.1. The van der Waals surface area contributed by atoms with E-state index >= 15 is 13.2 Å². The Morgan fingerprint density at radius 2 is 2.00 bits per heavy atom. The van der Waals surface area contributed by atoms with Crippen molar-refractivity contribution < 1.29 is 31.9 Å². The predicted octanol–water partition coefficient (Wildman–Crippen LogP) is 3.69. The van der Waals surface area contributed by atoms with E-state index in [4.69, 9.17) is 16.2 Å². The van der Waals surface area contributed by atoms with E-state index in [2.05, 4.69) is 10.4 Å². The summed E-state index contributed by atoms with van der Waals surface area (Å²) in [7, 11) is 1.34. The van der Waals surface area contributed by atoms with Crippen LogP contribution in [0, 0.1) is 11.7 Å². The molecule has 9 nitrogen and oxygen atoms in total. The topological polar surface area (TPSA) is 128 Å². The number of alkyl halides is 2. The molecule has 2 amide bonds. The molecule has 13 heteroatoms. The number of carbonyl (C=O) groups excluding carboxylic acids is 2. The lowest BCUT2D eigenvalue weighted by molar-refractivity contribution is -0.112. The summed E-state index contributed by atoms with van der Waals surface area (Å²) in [5.41, 5.74) is 11.4. The summed E-state index contributed by atoms with van der Waals surface area (Å²) in [5.74, 6) is -7.00. The monoisotopic (exact) mass is 564 g/mol. The van der Waals surface area contributed by atoms with E-state index in [-0.39, 0.29) is 59.4 Å². The van der Waals surface area contributed by atoms with Gasteiger partial charge in [-0.1, -0.05) is 6.08 Å². The number of hydrogen-bond acceptors (Lipinski definition) is 6. The van der Waals surface area contributed by atoms with Crippen LogP contribution in [-0.4, -0.2) is 65.2 Å². The van der Waals surface area contributed by atoms with E-state index in [9.17, 15) is 14.0 Å². The standard InChI is InChI=1S/C27H32F4N6O3/c1-14(2)36-9-8-21(27(30,31)13-36)37-24(32)22(25(33)38)23(35-37)15-4-5-16(19(29)10-15)12-34-26(39)18-11-17(28)6-7-20(18)40-3/h4,6-7,10-11,14,16,21H,5,8-9,12-13,32H2,1-3H3,(H2,33,38)(H,34,39). The van der Waals surface area contributed by atoms with Gasteiger partial charge in [0.2, 0.25) is 0 Å². The van der Waals surface area contributed by atoms with Gasteiger partial charge in [0.05, 0.1) is 19.2 Å². The smallest absolute Gasteiger partial charge is 0.282 e. The second-order valence-electron chi connectivity index (χ2n) is 10.2. The summed E-state index contributed by atoms with van der Waals surface area (Å²) in [6.07, 6.45) is 2.81. The zero-order valence-electron chi connectivity index (χ0n) is 22.4. The number of carbonyl (C=O) groups is 2. The number of piperidine rings is 1. The second kappa shape index (κ2) is 11.3. The first-order valence-corrected chi connectivity index (χ1v) is 12.8. The number of allylic oxidation sites excluding steroid dienone is 3. The van der Waals surface area contributed by atoms with Gasteiger partial charge in [0.25, 0.3) is 17.7 Å². The number of aromatic nitrogens is 2. The van der Waals surface area contributed by atoms with Gasteiger partial charge in [-0.2, -0.15) is 5.10 Å². The van der Waals surface area contributed by atoms with Gasteiger partial charge < -0.3 is 21.5 Å². The van der Waals surface area contributed by atoms with Crippen molar-refractivity contribution in [2.75, 3.05) is 32.5 Å². The van der Waals surface area contributed by atoms with Gasteiger partial charge in [0, 0.05) is 30.6 Å². The van der Waals surface area contributed by atoms with E-state index in [0.717, 1.165) is 22.9 Å². The maximum absolute atomic E-state index is 15.2. The summed E-state index contributed by atoms with van der Waals surface area (Å²) in [5, 5.41) is 6.80. The molecule has 1 aromatic heterocycles. The van der Waals surface area contributed by atoms with Crippen LogP contribution in [0.15, 0.2) is 36.2 Å². The lowest BCUT2D eigenvalue weighted by atomic mass is 9.92. The molecule has 1 saturated heterocycles. The summed E-state index contributed by atoms with van der Waals surface area (Å²) >= 11 is 0. The minimum absolute atomic E-state index is 0.0375. The molecule has 40 heavy (non-hydrogen) atoms. The first-order valence-electron chi connectivity index (χ1n) is 12.8. The molecule has 2 aliphatic rings. The van der Waals surface area contributed by atoms with Crippen LogP contribution >= 0.6 is 0 Å². The molecule has 0 radical (unpaired) electrons. The van der Waals surface area contributed by atoms with E-state index in [1.54, 1.807) is 11.0 Å². The van der Waals surface area contributed by atoms with Crippen LogP contribution in [0.5, 0.6) is 5.75 Å². The van der Waals surface area contributed by atoms with Gasteiger partial charge in [-0.3, -0.25) is 14.5 Å². The molecule has 2 atom stereocenters. The number of rotatable bonds is 8. The molecule has 1 aliphatic carbocycles. The predicted molar refractivity (Wildman–Crippen MR) is 141 cm³/mol. The highest BCUT2D eigenvalue weighted by Crippen LogP contribution is 2.41. The fourth-order valence-electron chi connectivity index (χ4n) is 5.05. The number of likely N-dealkylation sites (tertiary alicyclic amines) is 1. The van der Waals surface area contributed by atoms with Crippen LogP contribution in [0.2, 0.25) is 0 Å². The molecule has 2 aromatic rings. The van der Waals surface area contributed by atoms with Crippen molar-refractivity contribution in [3.05, 3.63) is 58.8 Å². The molecule has 1 aliphatic heterocycles. The molecule has 0 saturated carbocycles. The third-order valence-electron chi connectivity index (χ3n) is 7.30. The molecule has 1 aromatic carbocycles. The van der Waals surface area contributed by atoms with Crippen LogP contribution in [0.3, 0.4) is 0 Å². The Morgan fingerprint density at radius 1 is 1.27 bits per heavy atom. The second-order valence-corrected chi connectivity index (χ2v) is 10.2. The maximum atomic E-state index is 15.2. The van der Waals surface area contributed by atoms with Gasteiger partial charge in [-0.05, 0) is 51.0 Å². The van der Waals surface area contributed by atoms with Gasteiger partial charge in [0.1, 0.15) is 40.5 Å². The van der Waals surface area contributed by atoms with E-state index < -0.39 is 47.9 Å². The number of primary amides is 1. The molecule has 216 valence electrons. The lowest BCUT2D eigenvalue weighted by Crippen LogP contribution is -2.51. The molecular weight excluding hydrogens is 532 g/mol. The molecule has 5 N–H and O–H groups in total. The quantitative estimate of drug-likeness (QED) is 0.420. The summed E-state index contributed by atoms with van der Waals surface area (Å²) in [6, 6.07) is 1.99. The fourth-order valence-corrected chi connectivity index (χ4v) is 5.05. The SMILES string of the molecule is COc1ccc(F)cc1C(=O)NCC1CC=C(c2nn(C3CCN(C(C)C)CC3(F)F)c(N)c2C(N)=O)C=C1F. The van der Waals surface area contributed by atoms with E-state index in [1.807, 2.05) is 13.8 Å². The van der Waals surface area contributed by atoms with Gasteiger partial charge in [-0.25, -0.2) is 22.2 Å². The Morgan fingerprint density at radius 3 is 2.60 bits per heavy atom. The Labute approximate surface area is 228 Å². The number of anilines is 1. The summed E-state index contributed by atoms with van der Waals surface area (Å²) in [6.45, 7) is 3.42. The number of nitrogens with zero attached hydrogens (tertiary/aromatic N) is 3. The number of methoxy groups -OCH3 is 1. The van der Waals surface area contributed by atoms with E-state index in [0.29, 0.717) is 6.54 Å². The first-order chi connectivity index (χ1) is 18.8. The third kappa shape index (κ3) is 5.69. The van der Waals surface area contributed by atoms with Crippen LogP contribution < -0.4 is 21.5 Å².